The van der Waals surface area contributed by atoms with Crippen molar-refractivity contribution in [1.29, 1.82) is 0 Å². The molecule has 37 heavy (non-hydrogen) atoms. The number of carbonyl (C=O) groups excluding carboxylic acids is 1. The largest absolute Gasteiger partial charge is 0.480 e. The molecule has 10 heteroatoms. The highest BCUT2D eigenvalue weighted by Gasteiger charge is 2.41. The number of carboxylic acids is 1. The van der Waals surface area contributed by atoms with Gasteiger partial charge in [0.1, 0.15) is 11.9 Å². The lowest BCUT2D eigenvalue weighted by molar-refractivity contribution is -0.145. The summed E-state index contributed by atoms with van der Waals surface area (Å²) >= 11 is 0. The van der Waals surface area contributed by atoms with Crippen LogP contribution in [-0.4, -0.2) is 64.5 Å². The number of likely N-dealkylation sites (tertiary alicyclic amines) is 2. The summed E-state index contributed by atoms with van der Waals surface area (Å²) in [6.07, 6.45) is 0.0754. The van der Waals surface area contributed by atoms with Crippen LogP contribution in [0.15, 0.2) is 36.4 Å². The molecule has 1 aromatic carbocycles. The minimum absolute atomic E-state index is 0.0337. The van der Waals surface area contributed by atoms with E-state index < -0.39 is 23.8 Å². The molecule has 3 aliphatic heterocycles. The van der Waals surface area contributed by atoms with Crippen molar-refractivity contribution in [3.63, 3.8) is 0 Å². The Morgan fingerprint density at radius 3 is 2.57 bits per heavy atom. The quantitative estimate of drug-likeness (QED) is 0.579. The predicted octanol–water partition coefficient (Wildman–Crippen LogP) is 4.00. The molecule has 1 amide bonds. The number of anilines is 1. The Labute approximate surface area is 213 Å². The van der Waals surface area contributed by atoms with E-state index in [2.05, 4.69) is 17.4 Å². The van der Waals surface area contributed by atoms with E-state index >= 15 is 0 Å². The van der Waals surface area contributed by atoms with Gasteiger partial charge < -0.3 is 15.3 Å². The fraction of sp³-hybridized carbons (Fsp3) is 0.519. The van der Waals surface area contributed by atoms with Crippen molar-refractivity contribution in [1.82, 2.24) is 14.8 Å². The number of halogens is 3. The lowest BCUT2D eigenvalue weighted by Crippen LogP contribution is -2.52. The number of nitrogens with one attached hydrogen (secondary N) is 1. The van der Waals surface area contributed by atoms with Crippen LogP contribution in [0.5, 0.6) is 0 Å². The molecule has 0 aliphatic carbocycles. The van der Waals surface area contributed by atoms with Gasteiger partial charge in [-0.1, -0.05) is 18.2 Å². The third-order valence-electron chi connectivity index (χ3n) is 7.75. The SMILES string of the molecule is O=C(O)[C@@H](c1ccc(C(F)(F)F)cc1)N1CC[C@@H](C(=O)N2CC(CCc3ccc4c(n3)NCCC4)C2)C1. The minimum Gasteiger partial charge on any atom is -0.480 e. The van der Waals surface area contributed by atoms with Crippen LogP contribution in [0.4, 0.5) is 19.0 Å². The number of benzene rings is 1. The first-order valence-electron chi connectivity index (χ1n) is 12.8. The van der Waals surface area contributed by atoms with E-state index in [0.717, 1.165) is 55.9 Å². The van der Waals surface area contributed by atoms with Crippen molar-refractivity contribution in [3.05, 3.63) is 58.8 Å². The van der Waals surface area contributed by atoms with E-state index in [1.54, 1.807) is 4.90 Å². The maximum Gasteiger partial charge on any atom is 0.416 e. The molecule has 2 aromatic rings. The first-order chi connectivity index (χ1) is 17.7. The van der Waals surface area contributed by atoms with E-state index in [1.165, 1.54) is 17.7 Å². The molecule has 0 radical (unpaired) electrons. The maximum absolute atomic E-state index is 13.0. The second-order valence-corrected chi connectivity index (χ2v) is 10.3. The van der Waals surface area contributed by atoms with Crippen LogP contribution in [0, 0.1) is 11.8 Å². The third-order valence-corrected chi connectivity index (χ3v) is 7.75. The van der Waals surface area contributed by atoms with Crippen molar-refractivity contribution < 1.29 is 27.9 Å². The number of amides is 1. The van der Waals surface area contributed by atoms with Gasteiger partial charge in [0.15, 0.2) is 0 Å². The van der Waals surface area contributed by atoms with Crippen molar-refractivity contribution in [2.75, 3.05) is 38.0 Å². The van der Waals surface area contributed by atoms with E-state index in [0.29, 0.717) is 32.0 Å². The van der Waals surface area contributed by atoms with E-state index in [-0.39, 0.29) is 23.9 Å². The van der Waals surface area contributed by atoms with Crippen molar-refractivity contribution in [3.8, 4) is 0 Å². The van der Waals surface area contributed by atoms with Crippen LogP contribution < -0.4 is 5.32 Å². The Hall–Kier alpha value is -3.14. The van der Waals surface area contributed by atoms with Gasteiger partial charge in [0, 0.05) is 38.4 Å². The van der Waals surface area contributed by atoms with Crippen LogP contribution in [0.25, 0.3) is 0 Å². The molecule has 0 bridgehead atoms. The number of rotatable bonds is 7. The summed E-state index contributed by atoms with van der Waals surface area (Å²) in [4.78, 5) is 33.3. The zero-order valence-corrected chi connectivity index (χ0v) is 20.5. The lowest BCUT2D eigenvalue weighted by Gasteiger charge is -2.41. The summed E-state index contributed by atoms with van der Waals surface area (Å²) in [6, 6.07) is 7.40. The molecule has 1 aromatic heterocycles. The Bertz CT molecular complexity index is 1150. The Morgan fingerprint density at radius 2 is 1.86 bits per heavy atom. The van der Waals surface area contributed by atoms with Gasteiger partial charge in [-0.15, -0.1) is 0 Å². The molecule has 3 aliphatic rings. The predicted molar refractivity (Wildman–Crippen MR) is 131 cm³/mol. The van der Waals surface area contributed by atoms with E-state index in [1.807, 2.05) is 4.90 Å². The van der Waals surface area contributed by atoms with E-state index in [9.17, 15) is 27.9 Å². The average molecular weight is 517 g/mol. The summed E-state index contributed by atoms with van der Waals surface area (Å²) in [5, 5.41) is 13.2. The minimum atomic E-state index is -4.48. The number of aliphatic carboxylic acids is 1. The highest BCUT2D eigenvalue weighted by atomic mass is 19.4. The molecule has 2 saturated heterocycles. The number of fused-ring (bicyclic) bond motifs is 1. The highest BCUT2D eigenvalue weighted by molar-refractivity contribution is 5.81. The molecule has 7 nitrogen and oxygen atoms in total. The van der Waals surface area contributed by atoms with Crippen LogP contribution in [0.3, 0.4) is 0 Å². The molecule has 4 heterocycles. The zero-order chi connectivity index (χ0) is 26.2. The molecule has 5 rings (SSSR count). The normalized spacial score (nSPS) is 21.2. The van der Waals surface area contributed by atoms with Gasteiger partial charge in [0.25, 0.3) is 0 Å². The second kappa shape index (κ2) is 10.3. The summed E-state index contributed by atoms with van der Waals surface area (Å²) in [7, 11) is 0. The number of pyridine rings is 1. The lowest BCUT2D eigenvalue weighted by atomic mass is 9.91. The smallest absolute Gasteiger partial charge is 0.416 e. The van der Waals surface area contributed by atoms with Crippen LogP contribution in [0.1, 0.15) is 47.7 Å². The number of aromatic nitrogens is 1. The van der Waals surface area contributed by atoms with Gasteiger partial charge in [-0.2, -0.15) is 13.2 Å². The van der Waals surface area contributed by atoms with Crippen LogP contribution >= 0.6 is 0 Å². The van der Waals surface area contributed by atoms with Gasteiger partial charge in [0.2, 0.25) is 5.91 Å². The summed E-state index contributed by atoms with van der Waals surface area (Å²) < 4.78 is 38.7. The average Bonchev–Trinajstić information content (AvgIpc) is 3.32. The number of hydrogen-bond acceptors (Lipinski definition) is 5. The van der Waals surface area contributed by atoms with Gasteiger partial charge in [-0.25, -0.2) is 4.98 Å². The number of alkyl halides is 3. The van der Waals surface area contributed by atoms with Crippen molar-refractivity contribution in [2.24, 2.45) is 11.8 Å². The van der Waals surface area contributed by atoms with Crippen molar-refractivity contribution in [2.45, 2.75) is 44.3 Å². The standard InChI is InChI=1S/C27H31F3N4O3/c28-27(29,30)21-7-4-18(5-8-21)23(26(36)37)33-13-11-20(16-33)25(35)34-14-17(15-34)3-9-22-10-6-19-2-1-12-31-24(19)32-22/h4-8,10,17,20,23H,1-3,9,11-16H2,(H,31,32)(H,36,37)/t20-,23-/m1/s1. The zero-order valence-electron chi connectivity index (χ0n) is 20.5. The van der Waals surface area contributed by atoms with Gasteiger partial charge >= 0.3 is 12.1 Å². The fourth-order valence-electron chi connectivity index (χ4n) is 5.64. The molecule has 198 valence electrons. The monoisotopic (exact) mass is 516 g/mol. The summed E-state index contributed by atoms with van der Waals surface area (Å²) in [6.45, 7) is 3.03. The highest BCUT2D eigenvalue weighted by Crippen LogP contribution is 2.34. The summed E-state index contributed by atoms with van der Waals surface area (Å²) in [5.74, 6) is 0.0157. The number of nitrogens with zero attached hydrogens (tertiary/aromatic N) is 3. The van der Waals surface area contributed by atoms with Crippen LogP contribution in [0.2, 0.25) is 0 Å². The van der Waals surface area contributed by atoms with Gasteiger partial charge in [0.05, 0.1) is 11.5 Å². The van der Waals surface area contributed by atoms with Crippen LogP contribution in [-0.2, 0) is 28.6 Å². The molecule has 0 saturated carbocycles. The number of hydrogen-bond donors (Lipinski definition) is 2. The van der Waals surface area contributed by atoms with Gasteiger partial charge in [-0.3, -0.25) is 14.5 Å². The first kappa shape index (κ1) is 25.5. The molecule has 2 N–H and O–H groups in total. The molecule has 2 fully saturated rings. The molecule has 2 atom stereocenters. The third kappa shape index (κ3) is 5.58. The van der Waals surface area contributed by atoms with Crippen molar-refractivity contribution >= 4 is 17.7 Å². The molecule has 0 spiro atoms. The topological polar surface area (TPSA) is 85.8 Å². The number of aryl methyl sites for hydroxylation is 2. The maximum atomic E-state index is 13.0. The Morgan fingerprint density at radius 1 is 1.11 bits per heavy atom. The Kier molecular flexibility index (Phi) is 7.11. The molecular weight excluding hydrogens is 485 g/mol. The second-order valence-electron chi connectivity index (χ2n) is 10.3. The Balaban J connectivity index is 1.11. The fourth-order valence-corrected chi connectivity index (χ4v) is 5.64. The summed E-state index contributed by atoms with van der Waals surface area (Å²) in [5.41, 5.74) is 1.79. The molecule has 0 unspecified atom stereocenters. The number of carboxylic acid groups (broad SMARTS) is 1. The van der Waals surface area contributed by atoms with E-state index in [4.69, 9.17) is 4.98 Å². The van der Waals surface area contributed by atoms with Gasteiger partial charge in [-0.05, 0) is 67.3 Å². The number of carbonyl (C=O) groups is 2. The molecular formula is C27H31F3N4O3. The first-order valence-corrected chi connectivity index (χ1v) is 12.8.